The summed E-state index contributed by atoms with van der Waals surface area (Å²) in [5.41, 5.74) is 0. The van der Waals surface area contributed by atoms with E-state index in [1.54, 1.807) is 6.92 Å². The second kappa shape index (κ2) is 3.85. The summed E-state index contributed by atoms with van der Waals surface area (Å²) in [4.78, 5) is 9.89. The predicted molar refractivity (Wildman–Crippen MR) is 52.2 cm³/mol. The zero-order valence-corrected chi connectivity index (χ0v) is 9.85. The molecule has 0 aromatic rings. The highest BCUT2D eigenvalue weighted by Crippen LogP contribution is 2.30. The number of nitrogens with zero attached hydrogens (tertiary/aromatic N) is 1. The van der Waals surface area contributed by atoms with E-state index in [4.69, 9.17) is 0 Å². The Morgan fingerprint density at radius 1 is 1.55 bits per heavy atom. The number of hydrogen-bond acceptors (Lipinski definition) is 2. The third-order valence-electron chi connectivity index (χ3n) is 1.41. The van der Waals surface area contributed by atoms with Crippen LogP contribution in [0.2, 0.25) is 0 Å². The molecule has 0 saturated carbocycles. The molecule has 0 fully saturated rings. The lowest BCUT2D eigenvalue weighted by molar-refractivity contribution is -0.517. The van der Waals surface area contributed by atoms with E-state index in [9.17, 15) is 10.1 Å². The van der Waals surface area contributed by atoms with Gasteiger partial charge in [-0.15, -0.1) is 0 Å². The quantitative estimate of drug-likeness (QED) is 0.455. The first-order valence-corrected chi connectivity index (χ1v) is 4.94. The molecule has 66 valence electrons. The van der Waals surface area contributed by atoms with E-state index >= 15 is 0 Å². The van der Waals surface area contributed by atoms with Crippen molar-refractivity contribution < 1.29 is 4.92 Å². The van der Waals surface area contributed by atoms with Gasteiger partial charge < -0.3 is 0 Å². The fraction of sp³-hybridized carbons (Fsp3) is 1.00. The average molecular weight is 289 g/mol. The van der Waals surface area contributed by atoms with Gasteiger partial charge in [0.15, 0.2) is 0 Å². The third-order valence-corrected chi connectivity index (χ3v) is 4.43. The van der Waals surface area contributed by atoms with Crippen LogP contribution >= 0.6 is 31.9 Å². The second-order valence-electron chi connectivity index (χ2n) is 2.99. The van der Waals surface area contributed by atoms with Crippen LogP contribution in [0, 0.1) is 10.1 Å². The van der Waals surface area contributed by atoms with Crippen LogP contribution in [-0.2, 0) is 0 Å². The van der Waals surface area contributed by atoms with Crippen LogP contribution in [0.25, 0.3) is 0 Å². The summed E-state index contributed by atoms with van der Waals surface area (Å²) in [5, 5.41) is 10.3. The van der Waals surface area contributed by atoms with Crippen LogP contribution in [0.15, 0.2) is 0 Å². The molecule has 2 unspecified atom stereocenters. The van der Waals surface area contributed by atoms with Gasteiger partial charge in [0.25, 0.3) is 0 Å². The number of nitro groups is 1. The lowest BCUT2D eigenvalue weighted by Gasteiger charge is -2.23. The molecule has 5 heteroatoms. The fourth-order valence-corrected chi connectivity index (χ4v) is 1.26. The lowest BCUT2D eigenvalue weighted by atomic mass is 10.1. The van der Waals surface area contributed by atoms with E-state index < -0.39 is 6.04 Å². The van der Waals surface area contributed by atoms with Gasteiger partial charge in [-0.3, -0.25) is 10.1 Å². The van der Waals surface area contributed by atoms with E-state index in [1.807, 2.05) is 13.8 Å². The van der Waals surface area contributed by atoms with Crippen LogP contribution < -0.4 is 0 Å². The van der Waals surface area contributed by atoms with Crippen molar-refractivity contribution in [2.24, 2.45) is 0 Å². The van der Waals surface area contributed by atoms with Gasteiger partial charge in [-0.2, -0.15) is 0 Å². The van der Waals surface area contributed by atoms with Gasteiger partial charge in [0.2, 0.25) is 6.04 Å². The highest BCUT2D eigenvalue weighted by molar-refractivity contribution is 9.12. The Bertz CT molecular complexity index is 155. The molecule has 0 spiro atoms. The van der Waals surface area contributed by atoms with Gasteiger partial charge in [0.05, 0.1) is 4.83 Å². The molecule has 0 rings (SSSR count). The molecule has 0 aromatic carbocycles. The zero-order chi connectivity index (χ0) is 9.23. The first-order valence-electron chi connectivity index (χ1n) is 3.23. The van der Waals surface area contributed by atoms with Crippen molar-refractivity contribution in [1.29, 1.82) is 0 Å². The summed E-state index contributed by atoms with van der Waals surface area (Å²) in [6.07, 6.45) is 0. The van der Waals surface area contributed by atoms with E-state index in [0.29, 0.717) is 0 Å². The first kappa shape index (κ1) is 11.4. The molecule has 0 aliphatic rings. The molecule has 0 aliphatic carbocycles. The normalized spacial score (nSPS) is 17.5. The van der Waals surface area contributed by atoms with Gasteiger partial charge in [-0.1, -0.05) is 31.9 Å². The predicted octanol–water partition coefficient (Wildman–Crippen LogP) is 2.59. The van der Waals surface area contributed by atoms with Gasteiger partial charge >= 0.3 is 0 Å². The van der Waals surface area contributed by atoms with Gasteiger partial charge in [-0.25, -0.2) is 0 Å². The second-order valence-corrected chi connectivity index (χ2v) is 6.02. The maximum Gasteiger partial charge on any atom is 0.224 e. The molecule has 0 aliphatic heterocycles. The Balaban J connectivity index is 4.25. The molecule has 11 heavy (non-hydrogen) atoms. The minimum Gasteiger partial charge on any atom is -0.264 e. The Labute approximate surface area is 83.0 Å². The van der Waals surface area contributed by atoms with Crippen LogP contribution in [0.3, 0.4) is 0 Å². The number of rotatable bonds is 3. The fourth-order valence-electron chi connectivity index (χ4n) is 0.680. The van der Waals surface area contributed by atoms with Crippen molar-refractivity contribution in [3.63, 3.8) is 0 Å². The van der Waals surface area contributed by atoms with E-state index in [-0.39, 0.29) is 14.1 Å². The van der Waals surface area contributed by atoms with Crippen molar-refractivity contribution in [1.82, 2.24) is 0 Å². The SMILES string of the molecule is CC(C(Br)C(C)(C)Br)[N+](=O)[O-]. The average Bonchev–Trinajstić information content (AvgIpc) is 1.82. The van der Waals surface area contributed by atoms with E-state index in [1.165, 1.54) is 0 Å². The lowest BCUT2D eigenvalue weighted by Crippen LogP contribution is -2.38. The van der Waals surface area contributed by atoms with Gasteiger partial charge in [-0.05, 0) is 13.8 Å². The van der Waals surface area contributed by atoms with Crippen LogP contribution in [0.1, 0.15) is 20.8 Å². The smallest absolute Gasteiger partial charge is 0.224 e. The summed E-state index contributed by atoms with van der Waals surface area (Å²) in [6.45, 7) is 5.38. The van der Waals surface area contributed by atoms with Crippen molar-refractivity contribution in [2.45, 2.75) is 36.0 Å². The van der Waals surface area contributed by atoms with Crippen molar-refractivity contribution in [3.8, 4) is 0 Å². The molecule has 0 bridgehead atoms. The molecule has 0 radical (unpaired) electrons. The third kappa shape index (κ3) is 3.51. The number of halogens is 2. The molecular weight excluding hydrogens is 278 g/mol. The van der Waals surface area contributed by atoms with E-state index in [2.05, 4.69) is 31.9 Å². The zero-order valence-electron chi connectivity index (χ0n) is 6.67. The Morgan fingerprint density at radius 2 is 1.91 bits per heavy atom. The highest BCUT2D eigenvalue weighted by atomic mass is 79.9. The first-order chi connectivity index (χ1) is 4.76. The van der Waals surface area contributed by atoms with Crippen LogP contribution in [0.5, 0.6) is 0 Å². The monoisotopic (exact) mass is 287 g/mol. The molecule has 3 nitrogen and oxygen atoms in total. The minimum absolute atomic E-state index is 0.162. The van der Waals surface area contributed by atoms with Crippen molar-refractivity contribution >= 4 is 31.9 Å². The molecule has 2 atom stereocenters. The summed E-state index contributed by atoms with van der Waals surface area (Å²) < 4.78 is -0.251. The summed E-state index contributed by atoms with van der Waals surface area (Å²) in [5.74, 6) is 0. The summed E-state index contributed by atoms with van der Waals surface area (Å²) in [6, 6.07) is -0.579. The Kier molecular flexibility index (Phi) is 3.97. The topological polar surface area (TPSA) is 43.1 Å². The molecular formula is C6H11Br2NO2. The van der Waals surface area contributed by atoms with Gasteiger partial charge in [0.1, 0.15) is 0 Å². The summed E-state index contributed by atoms with van der Waals surface area (Å²) in [7, 11) is 0. The molecule has 0 N–H and O–H groups in total. The molecule has 0 heterocycles. The standard InChI is InChI=1S/C6H11Br2NO2/c1-4(9(10)11)5(7)6(2,3)8/h4-5H,1-3H3. The van der Waals surface area contributed by atoms with Crippen molar-refractivity contribution in [3.05, 3.63) is 10.1 Å². The Hall–Kier alpha value is 0.360. The molecule has 0 amide bonds. The van der Waals surface area contributed by atoms with Crippen LogP contribution in [-0.4, -0.2) is 20.1 Å². The van der Waals surface area contributed by atoms with Gasteiger partial charge in [0, 0.05) is 16.2 Å². The summed E-state index contributed by atoms with van der Waals surface area (Å²) >= 11 is 6.64. The Morgan fingerprint density at radius 3 is 2.00 bits per heavy atom. The largest absolute Gasteiger partial charge is 0.264 e. The number of alkyl halides is 2. The van der Waals surface area contributed by atoms with Crippen molar-refractivity contribution in [2.75, 3.05) is 0 Å². The maximum atomic E-state index is 10.3. The minimum atomic E-state index is -0.579. The van der Waals surface area contributed by atoms with E-state index in [0.717, 1.165) is 0 Å². The van der Waals surface area contributed by atoms with Crippen LogP contribution in [0.4, 0.5) is 0 Å². The maximum absolute atomic E-state index is 10.3. The molecule has 0 saturated heterocycles. The molecule has 0 aromatic heterocycles. The number of hydrogen-bond donors (Lipinski definition) is 0. The highest BCUT2D eigenvalue weighted by Gasteiger charge is 2.35.